The van der Waals surface area contributed by atoms with Crippen LogP contribution >= 0.6 is 0 Å². The largest absolute Gasteiger partial charge is 0.452 e. The van der Waals surface area contributed by atoms with Gasteiger partial charge in [0.05, 0.1) is 5.56 Å². The molecule has 0 saturated heterocycles. The van der Waals surface area contributed by atoms with Crippen LogP contribution < -0.4 is 5.32 Å². The van der Waals surface area contributed by atoms with E-state index < -0.39 is 5.97 Å². The molecular weight excluding hydrogens is 314 g/mol. The SMILES string of the molecule is CCc1ccc(C(=O)OCC(=O)Nc2ccccc2[C@@H](C)CC)cc1. The van der Waals surface area contributed by atoms with Crippen molar-refractivity contribution in [2.75, 3.05) is 11.9 Å². The lowest BCUT2D eigenvalue weighted by Crippen LogP contribution is -2.21. The first-order chi connectivity index (χ1) is 12.0. The average molecular weight is 339 g/mol. The van der Waals surface area contributed by atoms with Crippen LogP contribution in [-0.4, -0.2) is 18.5 Å². The standard InChI is InChI=1S/C21H25NO3/c1-4-15(3)18-8-6-7-9-19(18)22-20(23)14-25-21(24)17-12-10-16(5-2)11-13-17/h6-13,15H,4-5,14H2,1-3H3,(H,22,23)/t15-/m0/s1. The Morgan fingerprint density at radius 3 is 2.36 bits per heavy atom. The van der Waals surface area contributed by atoms with Gasteiger partial charge in [0.25, 0.3) is 5.91 Å². The number of rotatable bonds is 7. The molecule has 0 aromatic heterocycles. The molecule has 0 heterocycles. The normalized spacial score (nSPS) is 11.6. The molecule has 1 N–H and O–H groups in total. The molecule has 0 radical (unpaired) electrons. The van der Waals surface area contributed by atoms with Crippen molar-refractivity contribution in [2.45, 2.75) is 39.5 Å². The van der Waals surface area contributed by atoms with Crippen molar-refractivity contribution in [1.82, 2.24) is 0 Å². The fourth-order valence-corrected chi connectivity index (χ4v) is 2.54. The minimum Gasteiger partial charge on any atom is -0.452 e. The predicted octanol–water partition coefficient (Wildman–Crippen LogP) is 4.56. The fraction of sp³-hybridized carbons (Fsp3) is 0.333. The van der Waals surface area contributed by atoms with E-state index in [2.05, 4.69) is 26.1 Å². The molecule has 2 rings (SSSR count). The van der Waals surface area contributed by atoms with Gasteiger partial charge in [-0.15, -0.1) is 0 Å². The van der Waals surface area contributed by atoms with E-state index in [0.29, 0.717) is 11.5 Å². The van der Waals surface area contributed by atoms with Crippen molar-refractivity contribution in [2.24, 2.45) is 0 Å². The highest BCUT2D eigenvalue weighted by molar-refractivity contribution is 5.96. The van der Waals surface area contributed by atoms with Crippen LogP contribution in [0.2, 0.25) is 0 Å². The van der Waals surface area contributed by atoms with Gasteiger partial charge in [0, 0.05) is 5.69 Å². The molecule has 0 aliphatic heterocycles. The Balaban J connectivity index is 1.93. The van der Waals surface area contributed by atoms with Gasteiger partial charge in [-0.1, -0.05) is 51.1 Å². The number of carbonyl (C=O) groups excluding carboxylic acids is 2. The minimum atomic E-state index is -0.493. The van der Waals surface area contributed by atoms with Crippen molar-refractivity contribution < 1.29 is 14.3 Å². The summed E-state index contributed by atoms with van der Waals surface area (Å²) in [7, 11) is 0. The number of anilines is 1. The Labute approximate surface area is 149 Å². The molecule has 0 aliphatic carbocycles. The summed E-state index contributed by atoms with van der Waals surface area (Å²) in [4.78, 5) is 24.1. The molecule has 2 aromatic rings. The Morgan fingerprint density at radius 1 is 1.04 bits per heavy atom. The van der Waals surface area contributed by atoms with Crippen LogP contribution in [0.4, 0.5) is 5.69 Å². The highest BCUT2D eigenvalue weighted by Crippen LogP contribution is 2.26. The molecule has 2 aromatic carbocycles. The number of amides is 1. The Hall–Kier alpha value is -2.62. The molecule has 4 nitrogen and oxygen atoms in total. The van der Waals surface area contributed by atoms with Crippen LogP contribution in [0, 0.1) is 0 Å². The van der Waals surface area contributed by atoms with Gasteiger partial charge in [-0.3, -0.25) is 4.79 Å². The molecule has 0 saturated carbocycles. The number of hydrogen-bond donors (Lipinski definition) is 1. The summed E-state index contributed by atoms with van der Waals surface area (Å²) in [6.07, 6.45) is 1.89. The van der Waals surface area contributed by atoms with Gasteiger partial charge >= 0.3 is 5.97 Å². The van der Waals surface area contributed by atoms with E-state index in [1.165, 1.54) is 0 Å². The molecular formula is C21H25NO3. The smallest absolute Gasteiger partial charge is 0.338 e. The quantitative estimate of drug-likeness (QED) is 0.753. The molecule has 132 valence electrons. The van der Waals surface area contributed by atoms with Gasteiger partial charge < -0.3 is 10.1 Å². The third kappa shape index (κ3) is 5.18. The van der Waals surface area contributed by atoms with Crippen molar-refractivity contribution in [3.8, 4) is 0 Å². The number of hydrogen-bond acceptors (Lipinski definition) is 3. The molecule has 1 atom stereocenters. The van der Waals surface area contributed by atoms with Gasteiger partial charge in [-0.05, 0) is 48.1 Å². The van der Waals surface area contributed by atoms with E-state index in [1.807, 2.05) is 36.4 Å². The third-order valence-corrected chi connectivity index (χ3v) is 4.31. The number of carbonyl (C=O) groups is 2. The van der Waals surface area contributed by atoms with Gasteiger partial charge in [0.15, 0.2) is 6.61 Å². The van der Waals surface area contributed by atoms with E-state index in [9.17, 15) is 9.59 Å². The van der Waals surface area contributed by atoms with Crippen molar-refractivity contribution in [3.05, 3.63) is 65.2 Å². The Kier molecular flexibility index (Phi) is 6.75. The van der Waals surface area contributed by atoms with Crippen molar-refractivity contribution >= 4 is 17.6 Å². The van der Waals surface area contributed by atoms with Crippen LogP contribution in [0.25, 0.3) is 0 Å². The second-order valence-corrected chi connectivity index (χ2v) is 6.07. The predicted molar refractivity (Wildman–Crippen MR) is 99.9 cm³/mol. The second kappa shape index (κ2) is 9.02. The summed E-state index contributed by atoms with van der Waals surface area (Å²) in [5.41, 5.74) is 3.45. The van der Waals surface area contributed by atoms with Crippen LogP contribution in [0.1, 0.15) is 54.6 Å². The van der Waals surface area contributed by atoms with Crippen LogP contribution in [0.15, 0.2) is 48.5 Å². The monoisotopic (exact) mass is 339 g/mol. The molecule has 4 heteroatoms. The number of aryl methyl sites for hydroxylation is 1. The minimum absolute atomic E-state index is 0.302. The zero-order chi connectivity index (χ0) is 18.2. The summed E-state index contributed by atoms with van der Waals surface area (Å²) in [6, 6.07) is 14.9. The van der Waals surface area contributed by atoms with E-state index in [1.54, 1.807) is 12.1 Å². The maximum atomic E-state index is 12.1. The lowest BCUT2D eigenvalue weighted by Gasteiger charge is -2.15. The Bertz CT molecular complexity index is 722. The van der Waals surface area contributed by atoms with E-state index in [4.69, 9.17) is 4.74 Å². The summed E-state index contributed by atoms with van der Waals surface area (Å²) >= 11 is 0. The summed E-state index contributed by atoms with van der Waals surface area (Å²) in [5.74, 6) is -0.488. The molecule has 0 bridgehead atoms. The zero-order valence-corrected chi connectivity index (χ0v) is 15.0. The first-order valence-corrected chi connectivity index (χ1v) is 8.70. The molecule has 0 spiro atoms. The van der Waals surface area contributed by atoms with Gasteiger partial charge in [0.2, 0.25) is 0 Å². The first-order valence-electron chi connectivity index (χ1n) is 8.70. The van der Waals surface area contributed by atoms with Crippen LogP contribution in [0.3, 0.4) is 0 Å². The molecule has 25 heavy (non-hydrogen) atoms. The number of para-hydroxylation sites is 1. The summed E-state index contributed by atoms with van der Waals surface area (Å²) in [6.45, 7) is 5.97. The Morgan fingerprint density at radius 2 is 1.72 bits per heavy atom. The second-order valence-electron chi connectivity index (χ2n) is 6.07. The highest BCUT2D eigenvalue weighted by Gasteiger charge is 2.13. The van der Waals surface area contributed by atoms with Crippen LogP contribution in [0.5, 0.6) is 0 Å². The third-order valence-electron chi connectivity index (χ3n) is 4.31. The number of nitrogens with one attached hydrogen (secondary N) is 1. The summed E-state index contributed by atoms with van der Waals surface area (Å²) in [5, 5.41) is 2.83. The number of benzene rings is 2. The van der Waals surface area contributed by atoms with Crippen molar-refractivity contribution in [1.29, 1.82) is 0 Å². The lowest BCUT2D eigenvalue weighted by atomic mass is 9.97. The van der Waals surface area contributed by atoms with E-state index in [0.717, 1.165) is 29.7 Å². The fourth-order valence-electron chi connectivity index (χ4n) is 2.54. The van der Waals surface area contributed by atoms with Gasteiger partial charge in [-0.25, -0.2) is 4.79 Å². The van der Waals surface area contributed by atoms with E-state index >= 15 is 0 Å². The highest BCUT2D eigenvalue weighted by atomic mass is 16.5. The summed E-state index contributed by atoms with van der Waals surface area (Å²) < 4.78 is 5.11. The molecule has 0 fully saturated rings. The van der Waals surface area contributed by atoms with Crippen LogP contribution in [-0.2, 0) is 16.0 Å². The number of ether oxygens (including phenoxy) is 1. The van der Waals surface area contributed by atoms with Gasteiger partial charge in [0.1, 0.15) is 0 Å². The maximum Gasteiger partial charge on any atom is 0.338 e. The van der Waals surface area contributed by atoms with Gasteiger partial charge in [-0.2, -0.15) is 0 Å². The maximum absolute atomic E-state index is 12.1. The first kappa shape index (κ1) is 18.7. The molecule has 0 unspecified atom stereocenters. The zero-order valence-electron chi connectivity index (χ0n) is 15.0. The molecule has 1 amide bonds. The van der Waals surface area contributed by atoms with E-state index in [-0.39, 0.29) is 12.5 Å². The number of esters is 1. The van der Waals surface area contributed by atoms with Crippen molar-refractivity contribution in [3.63, 3.8) is 0 Å². The topological polar surface area (TPSA) is 55.4 Å². The lowest BCUT2D eigenvalue weighted by molar-refractivity contribution is -0.119. The average Bonchev–Trinajstić information content (AvgIpc) is 2.66. The molecule has 0 aliphatic rings.